The molecule has 0 atom stereocenters. The standard InChI is InChI=1S/C11H17N3O2/c1-14(11(15)13-12)8-7-9-3-5-10(16-2)6-4-9/h3-6H,7-8,12H2,1-2H3,(H,13,15). The summed E-state index contributed by atoms with van der Waals surface area (Å²) >= 11 is 0. The molecule has 0 aliphatic carbocycles. The van der Waals surface area contributed by atoms with Gasteiger partial charge in [-0.05, 0) is 24.1 Å². The molecule has 0 unspecified atom stereocenters. The van der Waals surface area contributed by atoms with Gasteiger partial charge < -0.3 is 9.64 Å². The number of nitrogens with two attached hydrogens (primary N) is 1. The molecule has 0 bridgehead atoms. The summed E-state index contributed by atoms with van der Waals surface area (Å²) in [6.45, 7) is 0.620. The zero-order valence-electron chi connectivity index (χ0n) is 9.56. The number of rotatable bonds is 4. The van der Waals surface area contributed by atoms with E-state index >= 15 is 0 Å². The summed E-state index contributed by atoms with van der Waals surface area (Å²) in [5.74, 6) is 5.85. The first-order valence-corrected chi connectivity index (χ1v) is 5.02. The molecule has 0 fully saturated rings. The van der Waals surface area contributed by atoms with Crippen molar-refractivity contribution in [3.05, 3.63) is 29.8 Å². The summed E-state index contributed by atoms with van der Waals surface area (Å²) in [5, 5.41) is 0. The van der Waals surface area contributed by atoms with Crippen LogP contribution >= 0.6 is 0 Å². The Morgan fingerprint density at radius 3 is 2.56 bits per heavy atom. The maximum atomic E-state index is 11.1. The van der Waals surface area contributed by atoms with Gasteiger partial charge in [-0.3, -0.25) is 5.43 Å². The first-order chi connectivity index (χ1) is 7.67. The maximum absolute atomic E-state index is 11.1. The highest BCUT2D eigenvalue weighted by atomic mass is 16.5. The quantitative estimate of drug-likeness (QED) is 0.449. The van der Waals surface area contributed by atoms with Crippen LogP contribution in [0.3, 0.4) is 0 Å². The molecule has 1 aromatic carbocycles. The van der Waals surface area contributed by atoms with Gasteiger partial charge in [0.25, 0.3) is 0 Å². The van der Waals surface area contributed by atoms with Gasteiger partial charge in [-0.15, -0.1) is 0 Å². The van der Waals surface area contributed by atoms with E-state index in [0.717, 1.165) is 17.7 Å². The summed E-state index contributed by atoms with van der Waals surface area (Å²) in [6.07, 6.45) is 0.786. The third-order valence-electron chi connectivity index (χ3n) is 2.37. The SMILES string of the molecule is COc1ccc(CCN(C)C(=O)NN)cc1. The van der Waals surface area contributed by atoms with Crippen LogP contribution in [0.1, 0.15) is 5.56 Å². The number of hydrogen-bond acceptors (Lipinski definition) is 3. The van der Waals surface area contributed by atoms with Crippen LogP contribution in [0.25, 0.3) is 0 Å². The average molecular weight is 223 g/mol. The number of amides is 2. The Balaban J connectivity index is 2.45. The molecule has 0 saturated heterocycles. The van der Waals surface area contributed by atoms with Crippen molar-refractivity contribution in [2.24, 2.45) is 5.84 Å². The van der Waals surface area contributed by atoms with Crippen molar-refractivity contribution in [3.8, 4) is 5.75 Å². The smallest absolute Gasteiger partial charge is 0.331 e. The number of carbonyl (C=O) groups is 1. The highest BCUT2D eigenvalue weighted by molar-refractivity contribution is 5.73. The Morgan fingerprint density at radius 2 is 2.06 bits per heavy atom. The number of nitrogens with zero attached hydrogens (tertiary/aromatic N) is 1. The summed E-state index contributed by atoms with van der Waals surface area (Å²) < 4.78 is 5.06. The van der Waals surface area contributed by atoms with Crippen molar-refractivity contribution in [1.29, 1.82) is 0 Å². The number of hydrazine groups is 1. The molecule has 0 spiro atoms. The fourth-order valence-corrected chi connectivity index (χ4v) is 1.30. The lowest BCUT2D eigenvalue weighted by Gasteiger charge is -2.15. The first-order valence-electron chi connectivity index (χ1n) is 5.02. The van der Waals surface area contributed by atoms with Gasteiger partial charge in [0.15, 0.2) is 0 Å². The lowest BCUT2D eigenvalue weighted by Crippen LogP contribution is -2.41. The van der Waals surface area contributed by atoms with E-state index in [0.29, 0.717) is 6.54 Å². The second-order valence-corrected chi connectivity index (χ2v) is 3.47. The van der Waals surface area contributed by atoms with E-state index in [1.165, 1.54) is 4.90 Å². The van der Waals surface area contributed by atoms with Gasteiger partial charge in [0.2, 0.25) is 0 Å². The molecule has 3 N–H and O–H groups in total. The van der Waals surface area contributed by atoms with Crippen LogP contribution in [0.2, 0.25) is 0 Å². The van der Waals surface area contributed by atoms with Gasteiger partial charge in [0, 0.05) is 13.6 Å². The number of likely N-dealkylation sites (N-methyl/N-ethyl adjacent to an activating group) is 1. The number of ether oxygens (including phenoxy) is 1. The lowest BCUT2D eigenvalue weighted by atomic mass is 10.1. The number of hydrogen-bond donors (Lipinski definition) is 2. The van der Waals surface area contributed by atoms with Crippen LogP contribution in [0, 0.1) is 0 Å². The van der Waals surface area contributed by atoms with E-state index in [9.17, 15) is 4.79 Å². The number of methoxy groups -OCH3 is 1. The molecule has 88 valence electrons. The number of benzene rings is 1. The zero-order valence-corrected chi connectivity index (χ0v) is 9.56. The average Bonchev–Trinajstić information content (AvgIpc) is 2.35. The molecule has 2 amide bonds. The molecule has 0 saturated carbocycles. The number of carbonyl (C=O) groups excluding carboxylic acids is 1. The van der Waals surface area contributed by atoms with Crippen molar-refractivity contribution in [3.63, 3.8) is 0 Å². The molecule has 5 heteroatoms. The fraction of sp³-hybridized carbons (Fsp3) is 0.364. The minimum Gasteiger partial charge on any atom is -0.497 e. The second-order valence-electron chi connectivity index (χ2n) is 3.47. The van der Waals surface area contributed by atoms with Crippen LogP contribution in [0.15, 0.2) is 24.3 Å². The van der Waals surface area contributed by atoms with Crippen LogP contribution in [0.4, 0.5) is 4.79 Å². The lowest BCUT2D eigenvalue weighted by molar-refractivity contribution is 0.209. The predicted molar refractivity (Wildman–Crippen MR) is 62.0 cm³/mol. The Morgan fingerprint density at radius 1 is 1.44 bits per heavy atom. The topological polar surface area (TPSA) is 67.6 Å². The van der Waals surface area contributed by atoms with E-state index in [1.54, 1.807) is 14.2 Å². The zero-order chi connectivity index (χ0) is 12.0. The largest absolute Gasteiger partial charge is 0.497 e. The number of nitrogens with one attached hydrogen (secondary N) is 1. The molecular weight excluding hydrogens is 206 g/mol. The highest BCUT2D eigenvalue weighted by Crippen LogP contribution is 2.11. The monoisotopic (exact) mass is 223 g/mol. The van der Waals surface area contributed by atoms with Crippen molar-refractivity contribution in [2.75, 3.05) is 20.7 Å². The molecule has 16 heavy (non-hydrogen) atoms. The van der Waals surface area contributed by atoms with Crippen LogP contribution in [-0.2, 0) is 6.42 Å². The molecule has 0 aliphatic heterocycles. The van der Waals surface area contributed by atoms with Crippen LogP contribution in [-0.4, -0.2) is 31.6 Å². The van der Waals surface area contributed by atoms with Gasteiger partial charge in [-0.2, -0.15) is 0 Å². The van der Waals surface area contributed by atoms with Gasteiger partial charge in [-0.1, -0.05) is 12.1 Å². The maximum Gasteiger partial charge on any atom is 0.331 e. The van der Waals surface area contributed by atoms with Crippen molar-refractivity contribution < 1.29 is 9.53 Å². The summed E-state index contributed by atoms with van der Waals surface area (Å²) in [7, 11) is 3.33. The molecule has 0 heterocycles. The van der Waals surface area contributed by atoms with Crippen LogP contribution in [0.5, 0.6) is 5.75 Å². The molecule has 0 radical (unpaired) electrons. The molecule has 0 aromatic heterocycles. The van der Waals surface area contributed by atoms with Gasteiger partial charge >= 0.3 is 6.03 Å². The van der Waals surface area contributed by atoms with Crippen molar-refractivity contribution in [1.82, 2.24) is 10.3 Å². The van der Waals surface area contributed by atoms with Crippen LogP contribution < -0.4 is 16.0 Å². The Kier molecular flexibility index (Phi) is 4.60. The Hall–Kier alpha value is -1.75. The second kappa shape index (κ2) is 5.97. The molecule has 0 aliphatic rings. The van der Waals surface area contributed by atoms with Crippen molar-refractivity contribution >= 4 is 6.03 Å². The van der Waals surface area contributed by atoms with E-state index in [2.05, 4.69) is 5.43 Å². The molecule has 5 nitrogen and oxygen atoms in total. The fourth-order valence-electron chi connectivity index (χ4n) is 1.30. The highest BCUT2D eigenvalue weighted by Gasteiger charge is 2.05. The van der Waals surface area contributed by atoms with Gasteiger partial charge in [0.1, 0.15) is 5.75 Å². The summed E-state index contributed by atoms with van der Waals surface area (Å²) in [6, 6.07) is 7.48. The first kappa shape index (κ1) is 12.3. The predicted octanol–water partition coefficient (Wildman–Crippen LogP) is 0.753. The van der Waals surface area contributed by atoms with Crippen molar-refractivity contribution in [2.45, 2.75) is 6.42 Å². The third-order valence-corrected chi connectivity index (χ3v) is 2.37. The molecular formula is C11H17N3O2. The van der Waals surface area contributed by atoms with E-state index in [4.69, 9.17) is 10.6 Å². The van der Waals surface area contributed by atoms with E-state index < -0.39 is 0 Å². The van der Waals surface area contributed by atoms with E-state index in [1.807, 2.05) is 24.3 Å². The Labute approximate surface area is 95.2 Å². The van der Waals surface area contributed by atoms with Gasteiger partial charge in [0.05, 0.1) is 7.11 Å². The number of urea groups is 1. The normalized spacial score (nSPS) is 9.69. The summed E-state index contributed by atoms with van der Waals surface area (Å²) in [4.78, 5) is 12.6. The molecule has 1 aromatic rings. The Bertz CT molecular complexity index is 338. The minimum atomic E-state index is -0.284. The van der Waals surface area contributed by atoms with E-state index in [-0.39, 0.29) is 6.03 Å². The van der Waals surface area contributed by atoms with Gasteiger partial charge in [-0.25, -0.2) is 10.6 Å². The third kappa shape index (κ3) is 3.43. The molecule has 1 rings (SSSR count). The minimum absolute atomic E-state index is 0.284. The summed E-state index contributed by atoms with van der Waals surface area (Å²) in [5.41, 5.74) is 3.24.